The summed E-state index contributed by atoms with van der Waals surface area (Å²) < 4.78 is 4.91. The number of rotatable bonds is 6. The third-order valence-electron chi connectivity index (χ3n) is 1.39. The molecule has 0 fully saturated rings. The van der Waals surface area contributed by atoms with E-state index in [-0.39, 0.29) is 5.97 Å². The molecule has 0 aliphatic heterocycles. The Hall–Kier alpha value is -0.530. The molecule has 0 N–H and O–H groups in total. The average Bonchev–Trinajstić information content (AvgIpc) is 1.99. The standard InChI is InChI=1S/C9H17O2/c1-3-5-6-8-11-9(10)7-4-2/h2-8H2,1H3. The minimum Gasteiger partial charge on any atom is -0.466 e. The molecule has 1 radical (unpaired) electrons. The van der Waals surface area contributed by atoms with Crippen LogP contribution in [0.5, 0.6) is 0 Å². The molecular weight excluding hydrogens is 140 g/mol. The van der Waals surface area contributed by atoms with Crippen molar-refractivity contribution in [1.82, 2.24) is 0 Å². The van der Waals surface area contributed by atoms with Gasteiger partial charge in [0.2, 0.25) is 0 Å². The Bertz CT molecular complexity index is 99.7. The largest absolute Gasteiger partial charge is 0.466 e. The number of ether oxygens (including phenoxy) is 1. The highest BCUT2D eigenvalue weighted by atomic mass is 16.5. The van der Waals surface area contributed by atoms with E-state index < -0.39 is 0 Å². The van der Waals surface area contributed by atoms with Gasteiger partial charge in [-0.05, 0) is 12.8 Å². The summed E-state index contributed by atoms with van der Waals surface area (Å²) >= 11 is 0. The molecule has 0 aliphatic carbocycles. The van der Waals surface area contributed by atoms with Gasteiger partial charge in [0.15, 0.2) is 0 Å². The molecule has 11 heavy (non-hydrogen) atoms. The summed E-state index contributed by atoms with van der Waals surface area (Å²) in [6.45, 7) is 6.27. The fourth-order valence-corrected chi connectivity index (χ4v) is 0.755. The van der Waals surface area contributed by atoms with Crippen LogP contribution in [0, 0.1) is 6.92 Å². The predicted molar refractivity (Wildman–Crippen MR) is 45.1 cm³/mol. The van der Waals surface area contributed by atoms with Crippen LogP contribution >= 0.6 is 0 Å². The van der Waals surface area contributed by atoms with Crippen LogP contribution in [0.1, 0.15) is 39.0 Å². The van der Waals surface area contributed by atoms with Gasteiger partial charge < -0.3 is 4.74 Å². The molecule has 0 atom stereocenters. The molecule has 0 aromatic rings. The molecule has 2 heteroatoms. The molecule has 0 rings (SSSR count). The summed E-state index contributed by atoms with van der Waals surface area (Å²) in [6, 6.07) is 0. The molecule has 2 nitrogen and oxygen atoms in total. The zero-order valence-electron chi connectivity index (χ0n) is 7.27. The van der Waals surface area contributed by atoms with Crippen LogP contribution in [0.2, 0.25) is 0 Å². The second-order valence-corrected chi connectivity index (χ2v) is 2.53. The summed E-state index contributed by atoms with van der Waals surface area (Å²) in [5, 5.41) is 0. The van der Waals surface area contributed by atoms with Crippen LogP contribution in [0.4, 0.5) is 0 Å². The normalized spacial score (nSPS) is 9.64. The van der Waals surface area contributed by atoms with Gasteiger partial charge in [0.25, 0.3) is 0 Å². The van der Waals surface area contributed by atoms with Gasteiger partial charge in [0.1, 0.15) is 0 Å². The fourth-order valence-electron chi connectivity index (χ4n) is 0.755. The van der Waals surface area contributed by atoms with Crippen LogP contribution < -0.4 is 0 Å². The summed E-state index contributed by atoms with van der Waals surface area (Å²) in [4.78, 5) is 10.7. The quantitative estimate of drug-likeness (QED) is 0.437. The Morgan fingerprint density at radius 3 is 2.73 bits per heavy atom. The van der Waals surface area contributed by atoms with Gasteiger partial charge in [0, 0.05) is 6.42 Å². The predicted octanol–water partition coefficient (Wildman–Crippen LogP) is 2.33. The van der Waals surface area contributed by atoms with Crippen molar-refractivity contribution in [1.29, 1.82) is 0 Å². The number of carbonyl (C=O) groups is 1. The maximum Gasteiger partial charge on any atom is 0.305 e. The number of hydrogen-bond acceptors (Lipinski definition) is 2. The highest BCUT2D eigenvalue weighted by molar-refractivity contribution is 5.69. The van der Waals surface area contributed by atoms with Crippen LogP contribution in [0.15, 0.2) is 0 Å². The first-order chi connectivity index (χ1) is 5.31. The van der Waals surface area contributed by atoms with Crippen molar-refractivity contribution in [2.24, 2.45) is 0 Å². The minimum atomic E-state index is -0.115. The van der Waals surface area contributed by atoms with Crippen molar-refractivity contribution < 1.29 is 9.53 Å². The van der Waals surface area contributed by atoms with E-state index in [1.165, 1.54) is 0 Å². The maximum atomic E-state index is 10.7. The molecule has 0 amide bonds. The zero-order valence-corrected chi connectivity index (χ0v) is 7.27. The van der Waals surface area contributed by atoms with Gasteiger partial charge >= 0.3 is 5.97 Å². The molecule has 0 aromatic carbocycles. The van der Waals surface area contributed by atoms with Crippen molar-refractivity contribution >= 4 is 5.97 Å². The minimum absolute atomic E-state index is 0.115. The van der Waals surface area contributed by atoms with Crippen molar-refractivity contribution in [2.45, 2.75) is 39.0 Å². The second-order valence-electron chi connectivity index (χ2n) is 2.53. The lowest BCUT2D eigenvalue weighted by atomic mass is 10.3. The van der Waals surface area contributed by atoms with E-state index in [1.807, 2.05) is 0 Å². The average molecular weight is 157 g/mol. The van der Waals surface area contributed by atoms with Gasteiger partial charge in [-0.1, -0.05) is 26.7 Å². The Morgan fingerprint density at radius 2 is 2.18 bits per heavy atom. The van der Waals surface area contributed by atoms with Crippen LogP contribution in [-0.2, 0) is 9.53 Å². The number of unbranched alkanes of at least 4 members (excludes halogenated alkanes) is 2. The van der Waals surface area contributed by atoms with Crippen molar-refractivity contribution in [3.8, 4) is 0 Å². The fraction of sp³-hybridized carbons (Fsp3) is 0.778. The molecule has 0 saturated heterocycles. The van der Waals surface area contributed by atoms with E-state index in [2.05, 4.69) is 13.8 Å². The number of esters is 1. The van der Waals surface area contributed by atoms with Gasteiger partial charge in [-0.25, -0.2) is 0 Å². The first-order valence-corrected chi connectivity index (χ1v) is 4.26. The molecule has 65 valence electrons. The summed E-state index contributed by atoms with van der Waals surface area (Å²) in [5.74, 6) is -0.115. The molecule has 0 unspecified atom stereocenters. The summed E-state index contributed by atoms with van der Waals surface area (Å²) in [7, 11) is 0. The molecular formula is C9H17O2. The van der Waals surface area contributed by atoms with Crippen molar-refractivity contribution in [3.05, 3.63) is 6.92 Å². The summed E-state index contributed by atoms with van der Waals surface area (Å²) in [6.07, 6.45) is 4.36. The first-order valence-electron chi connectivity index (χ1n) is 4.26. The van der Waals surface area contributed by atoms with E-state index in [4.69, 9.17) is 4.74 Å². The number of hydrogen-bond donors (Lipinski definition) is 0. The molecule has 0 heterocycles. The Morgan fingerprint density at radius 1 is 1.45 bits per heavy atom. The Balaban J connectivity index is 3.04. The van der Waals surface area contributed by atoms with E-state index in [0.717, 1.165) is 19.3 Å². The Kier molecular flexibility index (Phi) is 7.21. The van der Waals surface area contributed by atoms with E-state index in [1.54, 1.807) is 0 Å². The van der Waals surface area contributed by atoms with Gasteiger partial charge in [-0.15, -0.1) is 0 Å². The second kappa shape index (κ2) is 7.58. The smallest absolute Gasteiger partial charge is 0.305 e. The third-order valence-corrected chi connectivity index (χ3v) is 1.39. The first kappa shape index (κ1) is 10.5. The van der Waals surface area contributed by atoms with E-state index in [0.29, 0.717) is 19.4 Å². The van der Waals surface area contributed by atoms with Crippen LogP contribution in [0.3, 0.4) is 0 Å². The maximum absolute atomic E-state index is 10.7. The van der Waals surface area contributed by atoms with Gasteiger partial charge in [-0.3, -0.25) is 4.79 Å². The van der Waals surface area contributed by atoms with Crippen LogP contribution in [-0.4, -0.2) is 12.6 Å². The highest BCUT2D eigenvalue weighted by Crippen LogP contribution is 1.96. The lowest BCUT2D eigenvalue weighted by Crippen LogP contribution is -2.04. The Labute approximate surface area is 68.9 Å². The molecule has 0 bridgehead atoms. The number of carbonyl (C=O) groups excluding carboxylic acids is 1. The van der Waals surface area contributed by atoms with Crippen molar-refractivity contribution in [3.63, 3.8) is 0 Å². The van der Waals surface area contributed by atoms with Gasteiger partial charge in [0.05, 0.1) is 6.61 Å². The lowest BCUT2D eigenvalue weighted by molar-refractivity contribution is -0.143. The zero-order chi connectivity index (χ0) is 8.53. The molecule has 0 spiro atoms. The topological polar surface area (TPSA) is 26.3 Å². The van der Waals surface area contributed by atoms with Crippen LogP contribution in [0.25, 0.3) is 0 Å². The third kappa shape index (κ3) is 7.37. The molecule has 0 aromatic heterocycles. The lowest BCUT2D eigenvalue weighted by Gasteiger charge is -2.01. The van der Waals surface area contributed by atoms with Gasteiger partial charge in [-0.2, -0.15) is 0 Å². The molecule has 0 saturated carbocycles. The van der Waals surface area contributed by atoms with E-state index >= 15 is 0 Å². The van der Waals surface area contributed by atoms with E-state index in [9.17, 15) is 4.79 Å². The highest BCUT2D eigenvalue weighted by Gasteiger charge is 1.98. The van der Waals surface area contributed by atoms with Crippen molar-refractivity contribution in [2.75, 3.05) is 6.61 Å². The molecule has 0 aliphatic rings. The SMILES string of the molecule is [CH2]CCC(=O)OCCCCC. The monoisotopic (exact) mass is 157 g/mol. The summed E-state index contributed by atoms with van der Waals surface area (Å²) in [5.41, 5.74) is 0.